The van der Waals surface area contributed by atoms with Gasteiger partial charge in [-0.05, 0) is 40.9 Å². The van der Waals surface area contributed by atoms with Crippen LogP contribution in [-0.4, -0.2) is 70.9 Å². The highest BCUT2D eigenvalue weighted by molar-refractivity contribution is 6.37. The molecule has 2 aliphatic carbocycles. The van der Waals surface area contributed by atoms with Crippen molar-refractivity contribution in [2.24, 2.45) is 46.2 Å². The van der Waals surface area contributed by atoms with Gasteiger partial charge in [-0.15, -0.1) is 0 Å². The van der Waals surface area contributed by atoms with Crippen molar-refractivity contribution >= 4 is 35.3 Å². The molecule has 6 atom stereocenters. The summed E-state index contributed by atoms with van der Waals surface area (Å²) in [5.41, 5.74) is 4.37. The molecule has 0 aromatic carbocycles. The van der Waals surface area contributed by atoms with E-state index in [1.54, 1.807) is 13.8 Å². The Morgan fingerprint density at radius 1 is 0.951 bits per heavy atom. The molecule has 0 spiro atoms. The standard InChI is InChI=1S/C30H49N5O6/c1-14(2)20(22(36)15(3)4)33-28(41)34-24(29(5,6)7)27(40)35-13-17-19(30(17,8)9)21(35)26(39)32-18(12-16-10-11-16)23(37)25(31)38/h14-21,24H,10-13H2,1-9H3,(H2,31,38)(H,32,39)(H2,33,34,41)/t17-,18?,19-,20-,21?,24+/m0/s1. The van der Waals surface area contributed by atoms with E-state index in [0.29, 0.717) is 13.0 Å². The van der Waals surface area contributed by atoms with E-state index in [2.05, 4.69) is 16.0 Å². The Labute approximate surface area is 243 Å². The van der Waals surface area contributed by atoms with Crippen molar-refractivity contribution in [3.63, 3.8) is 0 Å². The number of nitrogens with zero attached hydrogens (tertiary/aromatic N) is 1. The number of hydrogen-bond acceptors (Lipinski definition) is 6. The van der Waals surface area contributed by atoms with Crippen molar-refractivity contribution < 1.29 is 28.8 Å². The minimum Gasteiger partial charge on any atom is -0.363 e. The van der Waals surface area contributed by atoms with Crippen LogP contribution in [0.4, 0.5) is 4.79 Å². The molecule has 1 heterocycles. The van der Waals surface area contributed by atoms with Crippen LogP contribution in [-0.2, 0) is 24.0 Å². The highest BCUT2D eigenvalue weighted by atomic mass is 16.2. The molecule has 1 saturated heterocycles. The van der Waals surface area contributed by atoms with E-state index in [9.17, 15) is 28.8 Å². The fourth-order valence-corrected chi connectivity index (χ4v) is 6.21. The lowest BCUT2D eigenvalue weighted by Crippen LogP contribution is -2.62. The van der Waals surface area contributed by atoms with Gasteiger partial charge in [0.1, 0.15) is 12.1 Å². The van der Waals surface area contributed by atoms with E-state index in [-0.39, 0.29) is 40.8 Å². The van der Waals surface area contributed by atoms with Crippen molar-refractivity contribution in [1.82, 2.24) is 20.9 Å². The Hall–Kier alpha value is -2.98. The zero-order chi connectivity index (χ0) is 31.2. The summed E-state index contributed by atoms with van der Waals surface area (Å²) in [6.45, 7) is 17.1. The summed E-state index contributed by atoms with van der Waals surface area (Å²) in [4.78, 5) is 79.4. The Kier molecular flexibility index (Phi) is 9.30. The molecule has 0 aromatic heterocycles. The van der Waals surface area contributed by atoms with Gasteiger partial charge in [0.2, 0.25) is 17.6 Å². The molecule has 0 bridgehead atoms. The number of carbonyl (C=O) groups excluding carboxylic acids is 6. The van der Waals surface area contributed by atoms with Crippen LogP contribution in [0.2, 0.25) is 0 Å². The molecule has 3 fully saturated rings. The van der Waals surface area contributed by atoms with Gasteiger partial charge in [-0.2, -0.15) is 0 Å². The van der Waals surface area contributed by atoms with Crippen LogP contribution >= 0.6 is 0 Å². The lowest BCUT2D eigenvalue weighted by atomic mass is 9.85. The predicted octanol–water partition coefficient (Wildman–Crippen LogP) is 1.77. The Balaban J connectivity index is 1.82. The smallest absolute Gasteiger partial charge is 0.316 e. The van der Waals surface area contributed by atoms with Crippen LogP contribution in [0.5, 0.6) is 0 Å². The summed E-state index contributed by atoms with van der Waals surface area (Å²) in [6, 6.07) is -4.22. The number of fused-ring (bicyclic) bond motifs is 1. The molecule has 11 heteroatoms. The van der Waals surface area contributed by atoms with Gasteiger partial charge in [-0.25, -0.2) is 4.79 Å². The number of carbonyl (C=O) groups is 6. The van der Waals surface area contributed by atoms with Gasteiger partial charge in [-0.1, -0.05) is 75.2 Å². The number of hydrogen-bond donors (Lipinski definition) is 4. The summed E-state index contributed by atoms with van der Waals surface area (Å²) in [7, 11) is 0. The van der Waals surface area contributed by atoms with Crippen molar-refractivity contribution in [3.8, 4) is 0 Å². The van der Waals surface area contributed by atoms with E-state index in [1.807, 2.05) is 48.5 Å². The third kappa shape index (κ3) is 7.09. The summed E-state index contributed by atoms with van der Waals surface area (Å²) in [6.07, 6.45) is 2.18. The molecule has 230 valence electrons. The van der Waals surface area contributed by atoms with Gasteiger partial charge in [0.25, 0.3) is 5.91 Å². The molecule has 0 radical (unpaired) electrons. The number of ketones is 2. The molecule has 2 unspecified atom stereocenters. The first-order valence-corrected chi connectivity index (χ1v) is 14.8. The second-order valence-electron chi connectivity index (χ2n) is 14.6. The van der Waals surface area contributed by atoms with E-state index in [1.165, 1.54) is 4.90 Å². The molecule has 2 saturated carbocycles. The molecule has 0 aromatic rings. The fraction of sp³-hybridized carbons (Fsp3) is 0.800. The SMILES string of the molecule is CC(C)C(=O)[C@@H](NC(=O)N[C@H](C(=O)N1C[C@H]2[C@@H](C1C(=O)NC(CC1CC1)C(=O)C(N)=O)C2(C)C)C(C)(C)C)C(C)C. The normalized spacial score (nSPS) is 25.1. The van der Waals surface area contributed by atoms with Crippen LogP contribution in [0.15, 0.2) is 0 Å². The van der Waals surface area contributed by atoms with Crippen LogP contribution in [0, 0.1) is 40.4 Å². The van der Waals surface area contributed by atoms with Gasteiger partial charge in [0.05, 0.1) is 12.1 Å². The van der Waals surface area contributed by atoms with Crippen LogP contribution in [0.3, 0.4) is 0 Å². The molecular weight excluding hydrogens is 526 g/mol. The minimum absolute atomic E-state index is 0.0827. The second-order valence-corrected chi connectivity index (χ2v) is 14.6. The maximum Gasteiger partial charge on any atom is 0.316 e. The zero-order valence-corrected chi connectivity index (χ0v) is 26.0. The lowest BCUT2D eigenvalue weighted by Gasteiger charge is -2.38. The number of amides is 5. The summed E-state index contributed by atoms with van der Waals surface area (Å²) in [5.74, 6) is -3.14. The summed E-state index contributed by atoms with van der Waals surface area (Å²) < 4.78 is 0. The number of Topliss-reactive ketones (excluding diaryl/α,β-unsaturated/α-hetero) is 2. The zero-order valence-electron chi connectivity index (χ0n) is 26.0. The summed E-state index contributed by atoms with van der Waals surface area (Å²) in [5, 5.41) is 8.29. The maximum absolute atomic E-state index is 14.1. The topological polar surface area (TPSA) is 168 Å². The molecule has 5 amide bonds. The predicted molar refractivity (Wildman–Crippen MR) is 153 cm³/mol. The number of piperidine rings is 1. The first kappa shape index (κ1) is 32.5. The molecule has 5 N–H and O–H groups in total. The minimum atomic E-state index is -1.10. The number of likely N-dealkylation sites (tertiary alicyclic amines) is 1. The van der Waals surface area contributed by atoms with Gasteiger partial charge >= 0.3 is 6.03 Å². The highest BCUT2D eigenvalue weighted by Gasteiger charge is 2.70. The van der Waals surface area contributed by atoms with Gasteiger partial charge in [-0.3, -0.25) is 24.0 Å². The monoisotopic (exact) mass is 575 g/mol. The van der Waals surface area contributed by atoms with Crippen molar-refractivity contribution in [3.05, 3.63) is 0 Å². The first-order chi connectivity index (χ1) is 18.8. The summed E-state index contributed by atoms with van der Waals surface area (Å²) >= 11 is 0. The number of urea groups is 1. The molecule has 3 rings (SSSR count). The third-order valence-electron chi connectivity index (χ3n) is 9.12. The molecular formula is C30H49N5O6. The number of nitrogens with two attached hydrogens (primary N) is 1. The molecule has 11 nitrogen and oxygen atoms in total. The molecule has 1 aliphatic heterocycles. The van der Waals surface area contributed by atoms with Crippen LogP contribution in [0.1, 0.15) is 81.6 Å². The van der Waals surface area contributed by atoms with Crippen molar-refractivity contribution in [1.29, 1.82) is 0 Å². The number of nitrogens with one attached hydrogen (secondary N) is 3. The largest absolute Gasteiger partial charge is 0.363 e. The fourth-order valence-electron chi connectivity index (χ4n) is 6.21. The Morgan fingerprint density at radius 2 is 1.54 bits per heavy atom. The number of rotatable bonds is 12. The second kappa shape index (κ2) is 11.7. The van der Waals surface area contributed by atoms with Gasteiger partial charge < -0.3 is 26.6 Å². The van der Waals surface area contributed by atoms with Crippen molar-refractivity contribution in [2.45, 2.75) is 106 Å². The number of primary amides is 1. The third-order valence-corrected chi connectivity index (χ3v) is 9.12. The maximum atomic E-state index is 14.1. The van der Waals surface area contributed by atoms with Gasteiger partial charge in [0, 0.05) is 12.5 Å². The van der Waals surface area contributed by atoms with Crippen molar-refractivity contribution in [2.75, 3.05) is 6.54 Å². The Bertz CT molecular complexity index is 1090. The average molecular weight is 576 g/mol. The van der Waals surface area contributed by atoms with E-state index in [0.717, 1.165) is 12.8 Å². The van der Waals surface area contributed by atoms with E-state index < -0.39 is 59.1 Å². The van der Waals surface area contributed by atoms with E-state index in [4.69, 9.17) is 5.73 Å². The van der Waals surface area contributed by atoms with E-state index >= 15 is 0 Å². The Morgan fingerprint density at radius 3 is 2.00 bits per heavy atom. The first-order valence-electron chi connectivity index (χ1n) is 14.8. The average Bonchev–Trinajstić information content (AvgIpc) is 3.70. The quantitative estimate of drug-likeness (QED) is 0.259. The highest BCUT2D eigenvalue weighted by Crippen LogP contribution is 2.65. The van der Waals surface area contributed by atoms with Crippen LogP contribution in [0.25, 0.3) is 0 Å². The molecule has 41 heavy (non-hydrogen) atoms. The van der Waals surface area contributed by atoms with Crippen LogP contribution < -0.4 is 21.7 Å². The molecule has 3 aliphatic rings. The lowest BCUT2D eigenvalue weighted by molar-refractivity contribution is -0.145. The van der Waals surface area contributed by atoms with Gasteiger partial charge in [0.15, 0.2) is 5.78 Å².